The highest BCUT2D eigenvalue weighted by Crippen LogP contribution is 2.32. The first-order chi connectivity index (χ1) is 9.02. The zero-order chi connectivity index (χ0) is 14.0. The molecule has 102 valence electrons. The number of benzene rings is 1. The smallest absolute Gasteiger partial charge is 0.335 e. The zero-order valence-corrected chi connectivity index (χ0v) is 10.2. The van der Waals surface area contributed by atoms with Gasteiger partial charge in [-0.15, -0.1) is 0 Å². The Morgan fingerprint density at radius 1 is 1.53 bits per heavy atom. The van der Waals surface area contributed by atoms with E-state index in [9.17, 15) is 14.9 Å². The lowest BCUT2D eigenvalue weighted by atomic mass is 10.1. The minimum atomic E-state index is -1.19. The summed E-state index contributed by atoms with van der Waals surface area (Å²) in [5.74, 6) is -1.08. The fraction of sp³-hybridized carbons (Fsp3) is 0.417. The van der Waals surface area contributed by atoms with E-state index in [1.807, 2.05) is 4.90 Å². The molecule has 7 heteroatoms. The van der Waals surface area contributed by atoms with Crippen molar-refractivity contribution in [2.24, 2.45) is 5.92 Å². The van der Waals surface area contributed by atoms with Crippen molar-refractivity contribution in [1.29, 1.82) is 0 Å². The Morgan fingerprint density at radius 3 is 2.79 bits per heavy atom. The molecule has 1 fully saturated rings. The third-order valence-corrected chi connectivity index (χ3v) is 3.30. The van der Waals surface area contributed by atoms with Crippen LogP contribution in [0.5, 0.6) is 0 Å². The molecular formula is C12H14N2O5. The van der Waals surface area contributed by atoms with E-state index < -0.39 is 10.9 Å². The Morgan fingerprint density at radius 2 is 2.26 bits per heavy atom. The van der Waals surface area contributed by atoms with E-state index in [0.717, 1.165) is 12.5 Å². The van der Waals surface area contributed by atoms with Gasteiger partial charge in [-0.2, -0.15) is 0 Å². The number of carboxylic acid groups (broad SMARTS) is 1. The van der Waals surface area contributed by atoms with Crippen molar-refractivity contribution in [2.75, 3.05) is 24.6 Å². The lowest BCUT2D eigenvalue weighted by Crippen LogP contribution is -2.21. The van der Waals surface area contributed by atoms with Crippen LogP contribution in [-0.2, 0) is 0 Å². The van der Waals surface area contributed by atoms with Gasteiger partial charge in [-0.25, -0.2) is 4.79 Å². The second kappa shape index (κ2) is 5.23. The van der Waals surface area contributed by atoms with Crippen LogP contribution in [-0.4, -0.2) is 40.8 Å². The van der Waals surface area contributed by atoms with Crippen LogP contribution in [0.15, 0.2) is 18.2 Å². The number of carbonyl (C=O) groups is 1. The molecule has 0 bridgehead atoms. The molecule has 1 unspecified atom stereocenters. The molecule has 1 saturated heterocycles. The summed E-state index contributed by atoms with van der Waals surface area (Å²) in [6.07, 6.45) is 0.772. The lowest BCUT2D eigenvalue weighted by molar-refractivity contribution is -0.384. The number of aromatic carboxylic acids is 1. The van der Waals surface area contributed by atoms with Gasteiger partial charge in [0.25, 0.3) is 5.69 Å². The second-order valence-electron chi connectivity index (χ2n) is 4.55. The maximum Gasteiger partial charge on any atom is 0.335 e. The average Bonchev–Trinajstić information content (AvgIpc) is 2.86. The van der Waals surface area contributed by atoms with Crippen LogP contribution in [0.1, 0.15) is 16.8 Å². The molecule has 1 aliphatic heterocycles. The minimum absolute atomic E-state index is 0.0531. The third kappa shape index (κ3) is 2.65. The van der Waals surface area contributed by atoms with Gasteiger partial charge < -0.3 is 15.1 Å². The van der Waals surface area contributed by atoms with Crippen LogP contribution in [0, 0.1) is 16.0 Å². The molecule has 2 N–H and O–H groups in total. The maximum atomic E-state index is 11.0. The fourth-order valence-corrected chi connectivity index (χ4v) is 2.27. The normalized spacial score (nSPS) is 18.6. The lowest BCUT2D eigenvalue weighted by Gasteiger charge is -2.18. The van der Waals surface area contributed by atoms with Gasteiger partial charge in [0.15, 0.2) is 0 Å². The van der Waals surface area contributed by atoms with Crippen molar-refractivity contribution >= 4 is 17.3 Å². The summed E-state index contributed by atoms with van der Waals surface area (Å²) in [5, 5.41) is 29.0. The predicted octanol–water partition coefficient (Wildman–Crippen LogP) is 1.11. The molecular weight excluding hydrogens is 252 g/mol. The minimum Gasteiger partial charge on any atom is -0.478 e. The number of nitro groups is 1. The number of nitro benzene ring substituents is 1. The summed E-state index contributed by atoms with van der Waals surface area (Å²) in [6.45, 7) is 1.22. The van der Waals surface area contributed by atoms with Crippen molar-refractivity contribution < 1.29 is 19.9 Å². The molecule has 1 aromatic carbocycles. The Bertz CT molecular complexity index is 517. The first kappa shape index (κ1) is 13.3. The van der Waals surface area contributed by atoms with Gasteiger partial charge in [0.05, 0.1) is 10.5 Å². The first-order valence-electron chi connectivity index (χ1n) is 5.90. The van der Waals surface area contributed by atoms with Crippen molar-refractivity contribution in [3.8, 4) is 0 Å². The van der Waals surface area contributed by atoms with E-state index in [0.29, 0.717) is 18.8 Å². The van der Waals surface area contributed by atoms with Gasteiger partial charge in [-0.05, 0) is 18.6 Å². The molecule has 0 spiro atoms. The Kier molecular flexibility index (Phi) is 3.66. The zero-order valence-electron chi connectivity index (χ0n) is 10.2. The molecule has 1 aromatic rings. The van der Waals surface area contributed by atoms with Crippen LogP contribution >= 0.6 is 0 Å². The van der Waals surface area contributed by atoms with Gasteiger partial charge in [0, 0.05) is 31.7 Å². The van der Waals surface area contributed by atoms with Crippen LogP contribution in [0.4, 0.5) is 11.4 Å². The van der Waals surface area contributed by atoms with E-state index in [4.69, 9.17) is 10.2 Å². The maximum absolute atomic E-state index is 11.0. The predicted molar refractivity (Wildman–Crippen MR) is 67.5 cm³/mol. The van der Waals surface area contributed by atoms with E-state index in [1.54, 1.807) is 0 Å². The van der Waals surface area contributed by atoms with Crippen LogP contribution in [0.2, 0.25) is 0 Å². The highest BCUT2D eigenvalue weighted by Gasteiger charge is 2.27. The van der Waals surface area contributed by atoms with Gasteiger partial charge in [-0.1, -0.05) is 0 Å². The number of nitrogens with zero attached hydrogens (tertiary/aromatic N) is 2. The van der Waals surface area contributed by atoms with Gasteiger partial charge in [-0.3, -0.25) is 10.1 Å². The number of rotatable bonds is 4. The molecule has 19 heavy (non-hydrogen) atoms. The van der Waals surface area contributed by atoms with Gasteiger partial charge >= 0.3 is 5.97 Å². The second-order valence-corrected chi connectivity index (χ2v) is 4.55. The van der Waals surface area contributed by atoms with E-state index in [2.05, 4.69) is 0 Å². The number of carboxylic acids is 1. The van der Waals surface area contributed by atoms with Gasteiger partial charge in [0.1, 0.15) is 5.69 Å². The van der Waals surface area contributed by atoms with E-state index in [1.165, 1.54) is 12.1 Å². The quantitative estimate of drug-likeness (QED) is 0.625. The first-order valence-corrected chi connectivity index (χ1v) is 5.90. The summed E-state index contributed by atoms with van der Waals surface area (Å²) < 4.78 is 0. The standard InChI is InChI=1S/C12H14N2O5/c15-7-8-3-4-13(6-8)10-2-1-9(12(16)17)5-11(10)14(18)19/h1-2,5,8,15H,3-4,6-7H2,(H,16,17). The number of aliphatic hydroxyl groups excluding tert-OH is 1. The SMILES string of the molecule is O=C(O)c1ccc(N2CCC(CO)C2)c([N+](=O)[O-])c1. The highest BCUT2D eigenvalue weighted by atomic mass is 16.6. The summed E-state index contributed by atoms with van der Waals surface area (Å²) in [6, 6.07) is 3.89. The summed E-state index contributed by atoms with van der Waals surface area (Å²) in [7, 11) is 0. The van der Waals surface area contributed by atoms with Crippen molar-refractivity contribution in [1.82, 2.24) is 0 Å². The molecule has 0 amide bonds. The molecule has 0 aliphatic carbocycles. The molecule has 7 nitrogen and oxygen atoms in total. The monoisotopic (exact) mass is 266 g/mol. The summed E-state index contributed by atoms with van der Waals surface area (Å²) >= 11 is 0. The molecule has 1 aliphatic rings. The van der Waals surface area contributed by atoms with Crippen molar-refractivity contribution in [2.45, 2.75) is 6.42 Å². The van der Waals surface area contributed by atoms with Gasteiger partial charge in [0.2, 0.25) is 0 Å². The van der Waals surface area contributed by atoms with E-state index in [-0.39, 0.29) is 23.8 Å². The molecule has 1 heterocycles. The van der Waals surface area contributed by atoms with Crippen LogP contribution < -0.4 is 4.90 Å². The third-order valence-electron chi connectivity index (χ3n) is 3.30. The Labute approximate surface area is 109 Å². The highest BCUT2D eigenvalue weighted by molar-refractivity contribution is 5.89. The Hall–Kier alpha value is -2.15. The fourth-order valence-electron chi connectivity index (χ4n) is 2.27. The number of aliphatic hydroxyl groups is 1. The van der Waals surface area contributed by atoms with E-state index >= 15 is 0 Å². The Balaban J connectivity index is 2.35. The molecule has 0 saturated carbocycles. The summed E-state index contributed by atoms with van der Waals surface area (Å²) in [5.41, 5.74) is 0.0952. The number of hydrogen-bond acceptors (Lipinski definition) is 5. The molecule has 2 rings (SSSR count). The number of hydrogen-bond donors (Lipinski definition) is 2. The van der Waals surface area contributed by atoms with Crippen molar-refractivity contribution in [3.05, 3.63) is 33.9 Å². The topological polar surface area (TPSA) is 104 Å². The summed E-state index contributed by atoms with van der Waals surface area (Å²) in [4.78, 5) is 23.1. The molecule has 1 atom stereocenters. The average molecular weight is 266 g/mol. The van der Waals surface area contributed by atoms with Crippen LogP contribution in [0.3, 0.4) is 0 Å². The molecule has 0 radical (unpaired) electrons. The molecule has 0 aromatic heterocycles. The number of anilines is 1. The van der Waals surface area contributed by atoms with Crippen LogP contribution in [0.25, 0.3) is 0 Å². The van der Waals surface area contributed by atoms with Crippen molar-refractivity contribution in [3.63, 3.8) is 0 Å². The largest absolute Gasteiger partial charge is 0.478 e.